The third-order valence-corrected chi connectivity index (χ3v) is 3.21. The molecule has 0 N–H and O–H groups in total. The highest BCUT2D eigenvalue weighted by atomic mass is 79.9. The van der Waals surface area contributed by atoms with Crippen molar-refractivity contribution in [3.8, 4) is 5.75 Å². The van der Waals surface area contributed by atoms with Gasteiger partial charge < -0.3 is 4.74 Å². The Morgan fingerprint density at radius 2 is 2.21 bits per heavy atom. The fourth-order valence-corrected chi connectivity index (χ4v) is 2.34. The highest BCUT2D eigenvalue weighted by Crippen LogP contribution is 2.24. The van der Waals surface area contributed by atoms with Crippen LogP contribution in [0.5, 0.6) is 5.75 Å². The van der Waals surface area contributed by atoms with E-state index in [2.05, 4.69) is 32.2 Å². The molecular weight excluding hydrogens is 242 g/mol. The maximum Gasteiger partial charge on any atom is 0.119 e. The zero-order valence-electron chi connectivity index (χ0n) is 8.29. The van der Waals surface area contributed by atoms with Crippen LogP contribution in [0.25, 0.3) is 0 Å². The number of methoxy groups -OCH3 is 1. The maximum atomic E-state index is 5.22. The van der Waals surface area contributed by atoms with Crippen LogP contribution >= 0.6 is 16.1 Å². The summed E-state index contributed by atoms with van der Waals surface area (Å²) in [4.78, 5) is 0. The summed E-state index contributed by atoms with van der Waals surface area (Å²) in [6, 6.07) is 6.35. The molecule has 0 saturated heterocycles. The van der Waals surface area contributed by atoms with Crippen molar-refractivity contribution < 1.29 is 4.74 Å². The van der Waals surface area contributed by atoms with Crippen molar-refractivity contribution in [2.45, 2.75) is 19.4 Å². The topological polar surface area (TPSA) is 12.5 Å². The average Bonchev–Trinajstić information content (AvgIpc) is 2.37. The summed E-state index contributed by atoms with van der Waals surface area (Å²) >= 11 is 3.55. The predicted octanol–water partition coefficient (Wildman–Crippen LogP) is 2.75. The molecule has 1 heterocycles. The van der Waals surface area contributed by atoms with Gasteiger partial charge >= 0.3 is 0 Å². The van der Waals surface area contributed by atoms with Crippen molar-refractivity contribution in [2.75, 3.05) is 13.7 Å². The van der Waals surface area contributed by atoms with E-state index in [0.717, 1.165) is 25.3 Å². The molecule has 0 fully saturated rings. The Labute approximate surface area is 93.2 Å². The van der Waals surface area contributed by atoms with Crippen LogP contribution < -0.4 is 4.74 Å². The van der Waals surface area contributed by atoms with Crippen molar-refractivity contribution >= 4 is 16.1 Å². The zero-order valence-corrected chi connectivity index (χ0v) is 9.88. The standard InChI is InChI=1S/C11H14BrNO/c1-14-11-5-4-10-8-13(12)6-2-3-9(10)7-11/h4-5,7H,2-3,6,8H2,1H3. The number of nitrogens with zero attached hydrogens (tertiary/aromatic N) is 1. The molecule has 0 aliphatic carbocycles. The molecule has 0 unspecified atom stereocenters. The second kappa shape index (κ2) is 4.32. The number of aryl methyl sites for hydroxylation is 1. The lowest BCUT2D eigenvalue weighted by atomic mass is 10.0. The van der Waals surface area contributed by atoms with E-state index in [9.17, 15) is 0 Å². The van der Waals surface area contributed by atoms with E-state index in [1.807, 2.05) is 6.07 Å². The first-order valence-electron chi connectivity index (χ1n) is 4.86. The number of fused-ring (bicyclic) bond motifs is 1. The lowest BCUT2D eigenvalue weighted by Crippen LogP contribution is -2.09. The average molecular weight is 256 g/mol. The van der Waals surface area contributed by atoms with Gasteiger partial charge in [0.05, 0.1) is 7.11 Å². The molecule has 0 bridgehead atoms. The van der Waals surface area contributed by atoms with Crippen molar-refractivity contribution in [3.05, 3.63) is 29.3 Å². The first-order chi connectivity index (χ1) is 6.79. The van der Waals surface area contributed by atoms with Crippen LogP contribution in [-0.4, -0.2) is 17.6 Å². The van der Waals surface area contributed by atoms with Gasteiger partial charge in [0.25, 0.3) is 0 Å². The molecule has 0 saturated carbocycles. The fourth-order valence-electron chi connectivity index (χ4n) is 1.82. The van der Waals surface area contributed by atoms with Gasteiger partial charge in [0.1, 0.15) is 5.75 Å². The van der Waals surface area contributed by atoms with Crippen LogP contribution in [0.3, 0.4) is 0 Å². The first kappa shape index (κ1) is 9.99. The molecule has 2 nitrogen and oxygen atoms in total. The highest BCUT2D eigenvalue weighted by molar-refractivity contribution is 9.07. The Balaban J connectivity index is 2.31. The largest absolute Gasteiger partial charge is 0.497 e. The van der Waals surface area contributed by atoms with Gasteiger partial charge in [0.2, 0.25) is 0 Å². The Morgan fingerprint density at radius 1 is 1.36 bits per heavy atom. The Morgan fingerprint density at radius 3 is 3.00 bits per heavy atom. The third kappa shape index (κ3) is 2.10. The van der Waals surface area contributed by atoms with Gasteiger partial charge in [-0.2, -0.15) is 0 Å². The number of hydrogen-bond donors (Lipinski definition) is 0. The number of halogens is 1. The minimum absolute atomic E-state index is 0.965. The fraction of sp³-hybridized carbons (Fsp3) is 0.455. The van der Waals surface area contributed by atoms with E-state index >= 15 is 0 Å². The minimum Gasteiger partial charge on any atom is -0.497 e. The second-order valence-corrected chi connectivity index (χ2v) is 4.59. The minimum atomic E-state index is 0.965. The number of ether oxygens (including phenoxy) is 1. The van der Waals surface area contributed by atoms with E-state index in [1.54, 1.807) is 7.11 Å². The van der Waals surface area contributed by atoms with Crippen molar-refractivity contribution in [1.82, 2.24) is 3.93 Å². The Hall–Kier alpha value is -0.540. The molecule has 3 heteroatoms. The lowest BCUT2D eigenvalue weighted by Gasteiger charge is -2.11. The van der Waals surface area contributed by atoms with Crippen LogP contribution in [0.4, 0.5) is 0 Å². The summed E-state index contributed by atoms with van der Waals surface area (Å²) in [6.07, 6.45) is 2.35. The summed E-state index contributed by atoms with van der Waals surface area (Å²) in [5, 5.41) is 0. The molecule has 0 spiro atoms. The second-order valence-electron chi connectivity index (χ2n) is 3.58. The van der Waals surface area contributed by atoms with Gasteiger partial charge in [-0.25, -0.2) is 3.93 Å². The van der Waals surface area contributed by atoms with Crippen molar-refractivity contribution in [2.24, 2.45) is 0 Å². The number of hydrogen-bond acceptors (Lipinski definition) is 2. The summed E-state index contributed by atoms with van der Waals surface area (Å²) in [7, 11) is 1.72. The van der Waals surface area contributed by atoms with Crippen LogP contribution in [-0.2, 0) is 13.0 Å². The Kier molecular flexibility index (Phi) is 3.08. The molecule has 1 aliphatic rings. The summed E-state index contributed by atoms with van der Waals surface area (Å²) in [5.74, 6) is 0.965. The summed E-state index contributed by atoms with van der Waals surface area (Å²) < 4.78 is 7.41. The van der Waals surface area contributed by atoms with Crippen molar-refractivity contribution in [1.29, 1.82) is 0 Å². The molecule has 0 atom stereocenters. The molecule has 0 amide bonds. The smallest absolute Gasteiger partial charge is 0.119 e. The van der Waals surface area contributed by atoms with E-state index in [-0.39, 0.29) is 0 Å². The quantitative estimate of drug-likeness (QED) is 0.716. The maximum absolute atomic E-state index is 5.22. The van der Waals surface area contributed by atoms with Crippen LogP contribution in [0.15, 0.2) is 18.2 Å². The molecule has 0 aromatic heterocycles. The highest BCUT2D eigenvalue weighted by Gasteiger charge is 2.12. The molecule has 2 rings (SSSR count). The summed E-state index contributed by atoms with van der Waals surface area (Å²) in [6.45, 7) is 2.09. The van der Waals surface area contributed by atoms with Crippen LogP contribution in [0, 0.1) is 0 Å². The van der Waals surface area contributed by atoms with Crippen LogP contribution in [0.2, 0.25) is 0 Å². The van der Waals surface area contributed by atoms with Gasteiger partial charge in [-0.1, -0.05) is 6.07 Å². The van der Waals surface area contributed by atoms with E-state index in [4.69, 9.17) is 4.74 Å². The van der Waals surface area contributed by atoms with Gasteiger partial charge in [0.15, 0.2) is 0 Å². The van der Waals surface area contributed by atoms with E-state index < -0.39 is 0 Å². The number of rotatable bonds is 1. The molecule has 0 radical (unpaired) electrons. The number of benzene rings is 1. The molecule has 1 aliphatic heterocycles. The van der Waals surface area contributed by atoms with E-state index in [0.29, 0.717) is 0 Å². The molecular formula is C11H14BrNO. The van der Waals surface area contributed by atoms with Crippen LogP contribution in [0.1, 0.15) is 17.5 Å². The molecule has 1 aromatic rings. The molecule has 14 heavy (non-hydrogen) atoms. The SMILES string of the molecule is COc1ccc2c(c1)CCCN(Br)C2. The first-order valence-corrected chi connectivity index (χ1v) is 5.57. The van der Waals surface area contributed by atoms with Gasteiger partial charge in [-0.3, -0.25) is 0 Å². The zero-order chi connectivity index (χ0) is 9.97. The van der Waals surface area contributed by atoms with Gasteiger partial charge in [-0.15, -0.1) is 0 Å². The normalized spacial score (nSPS) is 17.3. The van der Waals surface area contributed by atoms with Crippen molar-refractivity contribution in [3.63, 3.8) is 0 Å². The predicted molar refractivity (Wildman–Crippen MR) is 60.7 cm³/mol. The third-order valence-electron chi connectivity index (χ3n) is 2.60. The monoisotopic (exact) mass is 255 g/mol. The molecule has 1 aromatic carbocycles. The Bertz CT molecular complexity index is 327. The van der Waals surface area contributed by atoms with Gasteiger partial charge in [0, 0.05) is 29.2 Å². The van der Waals surface area contributed by atoms with Gasteiger partial charge in [-0.05, 0) is 36.1 Å². The van der Waals surface area contributed by atoms with E-state index in [1.165, 1.54) is 17.5 Å². The summed E-state index contributed by atoms with van der Waals surface area (Å²) in [5.41, 5.74) is 2.83. The molecule has 76 valence electrons. The lowest BCUT2D eigenvalue weighted by molar-refractivity contribution is 0.414.